The van der Waals surface area contributed by atoms with Crippen molar-refractivity contribution in [3.63, 3.8) is 0 Å². The number of benzene rings is 2. The normalized spacial score (nSPS) is 32.7. The molecule has 4 atom stereocenters. The molecule has 2 saturated heterocycles. The number of hydroxylamine groups is 2. The highest BCUT2D eigenvalue weighted by Crippen LogP contribution is 2.64. The molecular weight excluding hydrogens is 321 g/mol. The van der Waals surface area contributed by atoms with E-state index < -0.39 is 7.14 Å². The molecule has 0 radical (unpaired) electrons. The van der Waals surface area contributed by atoms with Crippen LogP contribution >= 0.6 is 7.14 Å². The van der Waals surface area contributed by atoms with Crippen molar-refractivity contribution in [3.05, 3.63) is 60.2 Å². The first kappa shape index (κ1) is 15.9. The Bertz CT molecular complexity index is 762. The maximum absolute atomic E-state index is 13.9. The zero-order valence-electron chi connectivity index (χ0n) is 14.0. The van der Waals surface area contributed by atoms with Crippen molar-refractivity contribution in [1.29, 1.82) is 0 Å². The first-order chi connectivity index (χ1) is 11.6. The summed E-state index contributed by atoms with van der Waals surface area (Å²) in [4.78, 5) is 6.06. The molecule has 2 fully saturated rings. The summed E-state index contributed by atoms with van der Waals surface area (Å²) in [5, 5.41) is 2.88. The Morgan fingerprint density at radius 3 is 2.50 bits per heavy atom. The second-order valence-corrected chi connectivity index (χ2v) is 9.69. The lowest BCUT2D eigenvalue weighted by Gasteiger charge is -2.27. The van der Waals surface area contributed by atoms with E-state index in [2.05, 4.69) is 12.1 Å². The van der Waals surface area contributed by atoms with Crippen molar-refractivity contribution in [2.45, 2.75) is 24.2 Å². The highest BCUT2D eigenvalue weighted by Gasteiger charge is 2.56. The van der Waals surface area contributed by atoms with Crippen LogP contribution in [0.5, 0.6) is 5.75 Å². The van der Waals surface area contributed by atoms with Crippen LogP contribution in [0.25, 0.3) is 0 Å². The van der Waals surface area contributed by atoms with Gasteiger partial charge >= 0.3 is 0 Å². The lowest BCUT2D eigenvalue weighted by atomic mass is 10.0. The zero-order valence-corrected chi connectivity index (χ0v) is 14.9. The Morgan fingerprint density at radius 2 is 1.83 bits per heavy atom. The van der Waals surface area contributed by atoms with Crippen molar-refractivity contribution in [3.8, 4) is 5.75 Å². The van der Waals surface area contributed by atoms with Gasteiger partial charge in [0.2, 0.25) is 0 Å². The lowest BCUT2D eigenvalue weighted by molar-refractivity contribution is -0.143. The molecule has 5 heteroatoms. The van der Waals surface area contributed by atoms with Crippen LogP contribution in [-0.2, 0) is 9.40 Å². The number of fused-ring (bicyclic) bond motifs is 1. The summed E-state index contributed by atoms with van der Waals surface area (Å²) in [6.45, 7) is 0. The van der Waals surface area contributed by atoms with Gasteiger partial charge < -0.3 is 9.30 Å². The van der Waals surface area contributed by atoms with Crippen molar-refractivity contribution in [2.75, 3.05) is 20.3 Å². The van der Waals surface area contributed by atoms with E-state index in [4.69, 9.17) is 9.57 Å². The smallest absolute Gasteiger partial charge is 0.123 e. The predicted molar refractivity (Wildman–Crippen MR) is 95.3 cm³/mol. The quantitative estimate of drug-likeness (QED) is 0.801. The molecule has 0 spiro atoms. The topological polar surface area (TPSA) is 38.8 Å². The molecule has 2 aliphatic heterocycles. The summed E-state index contributed by atoms with van der Waals surface area (Å²) >= 11 is 0. The summed E-state index contributed by atoms with van der Waals surface area (Å²) in [5.41, 5.74) is 1.14. The van der Waals surface area contributed by atoms with Crippen LogP contribution in [0.2, 0.25) is 0 Å². The largest absolute Gasteiger partial charge is 0.497 e. The van der Waals surface area contributed by atoms with Crippen LogP contribution in [-0.4, -0.2) is 37.1 Å². The van der Waals surface area contributed by atoms with E-state index in [1.165, 1.54) is 0 Å². The zero-order chi connectivity index (χ0) is 16.7. The van der Waals surface area contributed by atoms with Crippen LogP contribution in [0.3, 0.4) is 0 Å². The van der Waals surface area contributed by atoms with E-state index in [0.717, 1.165) is 29.2 Å². The third-order valence-electron chi connectivity index (χ3n) is 5.28. The van der Waals surface area contributed by atoms with Gasteiger partial charge in [-0.2, -0.15) is 5.06 Å². The maximum atomic E-state index is 13.9. The van der Waals surface area contributed by atoms with Gasteiger partial charge in [-0.1, -0.05) is 42.5 Å². The number of nitrogens with zero attached hydrogens (tertiary/aromatic N) is 1. The molecule has 2 aliphatic rings. The lowest BCUT2D eigenvalue weighted by Crippen LogP contribution is -2.27. The summed E-state index contributed by atoms with van der Waals surface area (Å²) in [6, 6.07) is 18.0. The Morgan fingerprint density at radius 1 is 1.12 bits per heavy atom. The van der Waals surface area contributed by atoms with Gasteiger partial charge in [-0.15, -0.1) is 0 Å². The molecule has 4 nitrogen and oxygen atoms in total. The Labute approximate surface area is 142 Å². The van der Waals surface area contributed by atoms with E-state index in [0.29, 0.717) is 0 Å². The van der Waals surface area contributed by atoms with Crippen molar-refractivity contribution < 1.29 is 14.1 Å². The molecule has 0 saturated carbocycles. The molecule has 0 bridgehead atoms. The molecule has 2 heterocycles. The monoisotopic (exact) mass is 343 g/mol. The van der Waals surface area contributed by atoms with Gasteiger partial charge in [0.15, 0.2) is 0 Å². The molecule has 24 heavy (non-hydrogen) atoms. The van der Waals surface area contributed by atoms with E-state index in [-0.39, 0.29) is 17.8 Å². The van der Waals surface area contributed by atoms with Gasteiger partial charge in [-0.25, -0.2) is 0 Å². The van der Waals surface area contributed by atoms with Crippen LogP contribution in [0.15, 0.2) is 54.6 Å². The average molecular weight is 343 g/mol. The van der Waals surface area contributed by atoms with Gasteiger partial charge in [-0.3, -0.25) is 4.84 Å². The van der Waals surface area contributed by atoms with E-state index >= 15 is 0 Å². The van der Waals surface area contributed by atoms with Gasteiger partial charge in [0.1, 0.15) is 12.9 Å². The van der Waals surface area contributed by atoms with Crippen LogP contribution in [0.4, 0.5) is 0 Å². The molecule has 2 aromatic rings. The van der Waals surface area contributed by atoms with E-state index in [1.807, 2.05) is 54.6 Å². The van der Waals surface area contributed by atoms with Gasteiger partial charge in [0.05, 0.1) is 24.9 Å². The predicted octanol–water partition coefficient (Wildman–Crippen LogP) is 3.44. The molecule has 2 aromatic carbocycles. The average Bonchev–Trinajstić information content (AvgIpc) is 3.13. The molecular formula is C19H22NO3P. The summed E-state index contributed by atoms with van der Waals surface area (Å²) in [6.07, 6.45) is 1.62. The summed E-state index contributed by atoms with van der Waals surface area (Å²) < 4.78 is 19.2. The van der Waals surface area contributed by atoms with Crippen molar-refractivity contribution in [2.24, 2.45) is 0 Å². The number of methoxy groups -OCH3 is 1. The first-order valence-electron chi connectivity index (χ1n) is 8.31. The Hall–Kier alpha value is -1.61. The van der Waals surface area contributed by atoms with Crippen LogP contribution in [0.1, 0.15) is 18.0 Å². The minimum Gasteiger partial charge on any atom is -0.497 e. The minimum absolute atomic E-state index is 0.00875. The van der Waals surface area contributed by atoms with Crippen molar-refractivity contribution >= 4 is 12.4 Å². The van der Waals surface area contributed by atoms with E-state index in [9.17, 15) is 4.57 Å². The number of ether oxygens (including phenoxy) is 1. The molecule has 126 valence electrons. The third kappa shape index (κ3) is 2.41. The third-order valence-corrected chi connectivity index (χ3v) is 8.95. The van der Waals surface area contributed by atoms with Crippen LogP contribution < -0.4 is 10.0 Å². The second kappa shape index (κ2) is 6.03. The SMILES string of the molecule is COc1ccc([C@H]2[C@H]3[C@H](CC[P@]3(=O)c3ccccc3)ON2C)cc1. The van der Waals surface area contributed by atoms with Crippen LogP contribution in [0, 0.1) is 0 Å². The van der Waals surface area contributed by atoms with Gasteiger partial charge in [-0.05, 0) is 24.1 Å². The fourth-order valence-corrected chi connectivity index (χ4v) is 7.91. The fourth-order valence-electron chi connectivity index (χ4n) is 4.14. The maximum Gasteiger partial charge on any atom is 0.123 e. The Balaban J connectivity index is 1.75. The van der Waals surface area contributed by atoms with Gasteiger partial charge in [0.25, 0.3) is 0 Å². The summed E-state index contributed by atoms with van der Waals surface area (Å²) in [5.74, 6) is 0.828. The Kier molecular flexibility index (Phi) is 4.00. The van der Waals surface area contributed by atoms with E-state index in [1.54, 1.807) is 7.11 Å². The molecule has 4 rings (SSSR count). The fraction of sp³-hybridized carbons (Fsp3) is 0.368. The molecule has 0 amide bonds. The standard InChI is InChI=1S/C19H22NO3P/c1-20-18(14-8-10-15(22-2)11-9-14)19-17(23-20)12-13-24(19,21)16-6-4-3-5-7-16/h3-11,17-19H,12-13H2,1-2H3/t17-,18-,19+,24-/m0/s1. The van der Waals surface area contributed by atoms with Gasteiger partial charge in [0, 0.05) is 18.5 Å². The highest BCUT2D eigenvalue weighted by atomic mass is 31.2. The van der Waals surface area contributed by atoms with Crippen molar-refractivity contribution in [1.82, 2.24) is 5.06 Å². The highest BCUT2D eigenvalue weighted by molar-refractivity contribution is 7.72. The second-order valence-electron chi connectivity index (χ2n) is 6.54. The molecule has 0 unspecified atom stereocenters. The summed E-state index contributed by atoms with van der Waals surface area (Å²) in [7, 11) is 1.11. The molecule has 0 aromatic heterocycles. The molecule has 0 N–H and O–H groups in total. The number of hydrogen-bond donors (Lipinski definition) is 0. The number of rotatable bonds is 3. The molecule has 0 aliphatic carbocycles. The minimum atomic E-state index is -2.50. The first-order valence-corrected chi connectivity index (χ1v) is 10.3. The number of hydrogen-bond acceptors (Lipinski definition) is 4.